The molecule has 0 bridgehead atoms. The first kappa shape index (κ1) is 13.7. The van der Waals surface area contributed by atoms with E-state index in [0.717, 1.165) is 36.0 Å². The Hall–Kier alpha value is -1.77. The number of nitrogens with one attached hydrogen (secondary N) is 1. The standard InChI is InChI=1S/C16H21NO2/c1-4-8-17-14-6-5-7-15-13(14)10-12(9-11(2)3)16(18)19-15/h5-7,10-11,17H,4,8-9H2,1-3H3. The van der Waals surface area contributed by atoms with Gasteiger partial charge in [0.25, 0.3) is 0 Å². The van der Waals surface area contributed by atoms with Crippen LogP contribution in [0.1, 0.15) is 32.8 Å². The first-order chi connectivity index (χ1) is 9.11. The van der Waals surface area contributed by atoms with Gasteiger partial charge in [-0.25, -0.2) is 4.79 Å². The van der Waals surface area contributed by atoms with Gasteiger partial charge in [0.15, 0.2) is 0 Å². The van der Waals surface area contributed by atoms with Crippen molar-refractivity contribution in [3.05, 3.63) is 40.2 Å². The molecule has 0 aliphatic rings. The second-order valence-electron chi connectivity index (χ2n) is 5.30. The Morgan fingerprint density at radius 2 is 2.11 bits per heavy atom. The highest BCUT2D eigenvalue weighted by Gasteiger charge is 2.09. The molecule has 0 radical (unpaired) electrons. The number of hydrogen-bond acceptors (Lipinski definition) is 3. The van der Waals surface area contributed by atoms with E-state index in [0.29, 0.717) is 11.5 Å². The lowest BCUT2D eigenvalue weighted by atomic mass is 10.0. The number of fused-ring (bicyclic) bond motifs is 1. The quantitative estimate of drug-likeness (QED) is 0.830. The summed E-state index contributed by atoms with van der Waals surface area (Å²) in [4.78, 5) is 11.9. The minimum atomic E-state index is -0.214. The molecule has 1 aromatic heterocycles. The number of rotatable bonds is 5. The minimum Gasteiger partial charge on any atom is -0.422 e. The highest BCUT2D eigenvalue weighted by molar-refractivity contribution is 5.90. The van der Waals surface area contributed by atoms with Gasteiger partial charge in [-0.15, -0.1) is 0 Å². The van der Waals surface area contributed by atoms with E-state index in [-0.39, 0.29) is 5.63 Å². The number of anilines is 1. The van der Waals surface area contributed by atoms with Crippen LogP contribution in [0.15, 0.2) is 33.5 Å². The smallest absolute Gasteiger partial charge is 0.339 e. The Morgan fingerprint density at radius 1 is 1.32 bits per heavy atom. The van der Waals surface area contributed by atoms with Gasteiger partial charge in [-0.2, -0.15) is 0 Å². The van der Waals surface area contributed by atoms with Gasteiger partial charge >= 0.3 is 5.63 Å². The van der Waals surface area contributed by atoms with Crippen LogP contribution >= 0.6 is 0 Å². The van der Waals surface area contributed by atoms with Crippen molar-refractivity contribution in [2.75, 3.05) is 11.9 Å². The summed E-state index contributed by atoms with van der Waals surface area (Å²) < 4.78 is 5.42. The van der Waals surface area contributed by atoms with Crippen molar-refractivity contribution in [2.45, 2.75) is 33.6 Å². The average molecular weight is 259 g/mol. The second kappa shape index (κ2) is 5.91. The molecule has 19 heavy (non-hydrogen) atoms. The van der Waals surface area contributed by atoms with Crippen LogP contribution in [0.5, 0.6) is 0 Å². The summed E-state index contributed by atoms with van der Waals surface area (Å²) in [5.74, 6) is 0.441. The monoisotopic (exact) mass is 259 g/mol. The summed E-state index contributed by atoms with van der Waals surface area (Å²) in [7, 11) is 0. The third kappa shape index (κ3) is 3.16. The van der Waals surface area contributed by atoms with Crippen LogP contribution in [0.3, 0.4) is 0 Å². The molecule has 102 valence electrons. The molecule has 0 saturated heterocycles. The van der Waals surface area contributed by atoms with E-state index >= 15 is 0 Å². The van der Waals surface area contributed by atoms with Gasteiger partial charge in [-0.1, -0.05) is 26.8 Å². The summed E-state index contributed by atoms with van der Waals surface area (Å²) in [5, 5.41) is 4.37. The summed E-state index contributed by atoms with van der Waals surface area (Å²) >= 11 is 0. The fraction of sp³-hybridized carbons (Fsp3) is 0.438. The molecule has 3 heteroatoms. The molecule has 1 aromatic carbocycles. The molecule has 0 atom stereocenters. The summed E-state index contributed by atoms with van der Waals surface area (Å²) in [6.45, 7) is 7.25. The van der Waals surface area contributed by atoms with Crippen molar-refractivity contribution < 1.29 is 4.42 Å². The zero-order chi connectivity index (χ0) is 13.8. The van der Waals surface area contributed by atoms with Gasteiger partial charge in [0.2, 0.25) is 0 Å². The van der Waals surface area contributed by atoms with Crippen LogP contribution in [0.25, 0.3) is 11.0 Å². The summed E-state index contributed by atoms with van der Waals surface area (Å²) in [5.41, 5.74) is 2.23. The molecule has 0 amide bonds. The maximum Gasteiger partial charge on any atom is 0.339 e. The van der Waals surface area contributed by atoms with Gasteiger partial charge in [0, 0.05) is 23.2 Å². The van der Waals surface area contributed by atoms with E-state index in [1.807, 2.05) is 24.3 Å². The van der Waals surface area contributed by atoms with E-state index < -0.39 is 0 Å². The zero-order valence-corrected chi connectivity index (χ0v) is 11.8. The molecule has 2 rings (SSSR count). The molecule has 1 N–H and O–H groups in total. The van der Waals surface area contributed by atoms with E-state index in [4.69, 9.17) is 4.42 Å². The van der Waals surface area contributed by atoms with Gasteiger partial charge in [-0.3, -0.25) is 0 Å². The SMILES string of the molecule is CCCNc1cccc2oc(=O)c(CC(C)C)cc12. The maximum atomic E-state index is 11.9. The molecule has 0 aliphatic carbocycles. The Kier molecular flexibility index (Phi) is 4.25. The van der Waals surface area contributed by atoms with Crippen LogP contribution in [0, 0.1) is 5.92 Å². The fourth-order valence-corrected chi connectivity index (χ4v) is 2.18. The molecule has 0 spiro atoms. The molecule has 0 unspecified atom stereocenters. The van der Waals surface area contributed by atoms with Crippen LogP contribution in [0.4, 0.5) is 5.69 Å². The average Bonchev–Trinajstić information content (AvgIpc) is 2.36. The molecule has 0 fully saturated rings. The van der Waals surface area contributed by atoms with Gasteiger partial charge < -0.3 is 9.73 Å². The molecular weight excluding hydrogens is 238 g/mol. The predicted octanol–water partition coefficient (Wildman–Crippen LogP) is 3.81. The fourth-order valence-electron chi connectivity index (χ4n) is 2.18. The summed E-state index contributed by atoms with van der Waals surface area (Å²) in [6.07, 6.45) is 1.81. The lowest BCUT2D eigenvalue weighted by molar-refractivity contribution is 0.535. The number of benzene rings is 1. The van der Waals surface area contributed by atoms with Crippen molar-refractivity contribution in [1.82, 2.24) is 0 Å². The van der Waals surface area contributed by atoms with Crippen LogP contribution in [0.2, 0.25) is 0 Å². The Balaban J connectivity index is 2.50. The normalized spacial score (nSPS) is 11.2. The van der Waals surface area contributed by atoms with Crippen molar-refractivity contribution in [1.29, 1.82) is 0 Å². The van der Waals surface area contributed by atoms with E-state index in [9.17, 15) is 4.79 Å². The zero-order valence-electron chi connectivity index (χ0n) is 11.8. The van der Waals surface area contributed by atoms with E-state index in [1.165, 1.54) is 0 Å². The van der Waals surface area contributed by atoms with Crippen molar-refractivity contribution >= 4 is 16.7 Å². The second-order valence-corrected chi connectivity index (χ2v) is 5.30. The van der Waals surface area contributed by atoms with Gasteiger partial charge in [0.1, 0.15) is 5.58 Å². The topological polar surface area (TPSA) is 42.2 Å². The first-order valence-corrected chi connectivity index (χ1v) is 6.91. The molecular formula is C16H21NO2. The molecule has 1 heterocycles. The Bertz CT molecular complexity index is 614. The van der Waals surface area contributed by atoms with Crippen LogP contribution in [-0.4, -0.2) is 6.54 Å². The third-order valence-electron chi connectivity index (χ3n) is 3.04. The highest BCUT2D eigenvalue weighted by atomic mass is 16.4. The number of hydrogen-bond donors (Lipinski definition) is 1. The largest absolute Gasteiger partial charge is 0.422 e. The van der Waals surface area contributed by atoms with Crippen molar-refractivity contribution in [3.63, 3.8) is 0 Å². The van der Waals surface area contributed by atoms with Crippen molar-refractivity contribution in [3.8, 4) is 0 Å². The van der Waals surface area contributed by atoms with Gasteiger partial charge in [-0.05, 0) is 37.0 Å². The first-order valence-electron chi connectivity index (χ1n) is 6.91. The Labute approximate surface area is 113 Å². The molecule has 0 saturated carbocycles. The van der Waals surface area contributed by atoms with Crippen LogP contribution in [-0.2, 0) is 6.42 Å². The summed E-state index contributed by atoms with van der Waals surface area (Å²) in [6, 6.07) is 7.74. The van der Waals surface area contributed by atoms with Gasteiger partial charge in [0.05, 0.1) is 0 Å². The molecule has 0 aliphatic heterocycles. The van der Waals surface area contributed by atoms with E-state index in [1.54, 1.807) is 0 Å². The third-order valence-corrected chi connectivity index (χ3v) is 3.04. The predicted molar refractivity (Wildman–Crippen MR) is 79.8 cm³/mol. The molecule has 2 aromatic rings. The lowest BCUT2D eigenvalue weighted by Gasteiger charge is -2.10. The van der Waals surface area contributed by atoms with E-state index in [2.05, 4.69) is 26.1 Å². The van der Waals surface area contributed by atoms with Crippen molar-refractivity contribution in [2.24, 2.45) is 5.92 Å². The lowest BCUT2D eigenvalue weighted by Crippen LogP contribution is -2.10. The Morgan fingerprint density at radius 3 is 2.79 bits per heavy atom. The molecule has 3 nitrogen and oxygen atoms in total. The highest BCUT2D eigenvalue weighted by Crippen LogP contribution is 2.23. The maximum absolute atomic E-state index is 11.9. The minimum absolute atomic E-state index is 0.214. The van der Waals surface area contributed by atoms with Crippen LogP contribution < -0.4 is 10.9 Å².